The first-order valence-corrected chi connectivity index (χ1v) is 10.6. The summed E-state index contributed by atoms with van der Waals surface area (Å²) in [6.45, 7) is 4.48. The van der Waals surface area contributed by atoms with E-state index in [1.807, 2.05) is 0 Å². The van der Waals surface area contributed by atoms with E-state index in [0.29, 0.717) is 42.6 Å². The summed E-state index contributed by atoms with van der Waals surface area (Å²) in [5.74, 6) is -1.60. The summed E-state index contributed by atoms with van der Waals surface area (Å²) in [4.78, 5) is 53.2. The molecule has 2 aromatic rings. The SMILES string of the molecule is CC(C)N1C(=O)c2ccc(C(=O)NC3CCN(C(=O)c4ccc(F)cc4)CC3)cc2C1=O. The molecule has 0 atom stereocenters. The standard InChI is InChI=1S/C24H24FN3O4/c1-14(2)28-23(31)19-8-5-16(13-20(19)24(28)32)21(29)26-18-9-11-27(12-10-18)22(30)15-3-6-17(25)7-4-15/h3-8,13-14,18H,9-12H2,1-2H3,(H,26,29). The van der Waals surface area contributed by atoms with Crippen LogP contribution >= 0.6 is 0 Å². The van der Waals surface area contributed by atoms with Gasteiger partial charge in [0.05, 0.1) is 11.1 Å². The number of fused-ring (bicyclic) bond motifs is 1. The number of hydrogen-bond donors (Lipinski definition) is 1. The second-order valence-corrected chi connectivity index (χ2v) is 8.38. The van der Waals surface area contributed by atoms with Gasteiger partial charge in [0.25, 0.3) is 23.6 Å². The van der Waals surface area contributed by atoms with Crippen molar-refractivity contribution in [3.63, 3.8) is 0 Å². The molecule has 1 fully saturated rings. The van der Waals surface area contributed by atoms with Crippen molar-refractivity contribution >= 4 is 23.6 Å². The molecule has 0 bridgehead atoms. The van der Waals surface area contributed by atoms with Gasteiger partial charge < -0.3 is 10.2 Å². The molecule has 0 spiro atoms. The van der Waals surface area contributed by atoms with E-state index in [4.69, 9.17) is 0 Å². The lowest BCUT2D eigenvalue weighted by Gasteiger charge is -2.32. The predicted octanol–water partition coefficient (Wildman–Crippen LogP) is 2.86. The Kier molecular flexibility index (Phi) is 5.78. The van der Waals surface area contributed by atoms with Crippen molar-refractivity contribution < 1.29 is 23.6 Å². The zero-order valence-corrected chi connectivity index (χ0v) is 17.9. The quantitative estimate of drug-likeness (QED) is 0.746. The van der Waals surface area contributed by atoms with E-state index in [-0.39, 0.29) is 41.3 Å². The van der Waals surface area contributed by atoms with E-state index in [1.165, 1.54) is 41.3 Å². The number of likely N-dealkylation sites (tertiary alicyclic amines) is 1. The number of amides is 4. The van der Waals surface area contributed by atoms with Crippen LogP contribution in [-0.2, 0) is 0 Å². The van der Waals surface area contributed by atoms with Gasteiger partial charge >= 0.3 is 0 Å². The highest BCUT2D eigenvalue weighted by Crippen LogP contribution is 2.26. The molecule has 7 nitrogen and oxygen atoms in total. The Morgan fingerprint density at radius 1 is 0.938 bits per heavy atom. The molecule has 0 radical (unpaired) electrons. The van der Waals surface area contributed by atoms with Gasteiger partial charge in [-0.15, -0.1) is 0 Å². The van der Waals surface area contributed by atoms with Gasteiger partial charge in [0.1, 0.15) is 5.82 Å². The third-order valence-electron chi connectivity index (χ3n) is 5.91. The van der Waals surface area contributed by atoms with Crippen molar-refractivity contribution in [1.29, 1.82) is 0 Å². The van der Waals surface area contributed by atoms with E-state index in [9.17, 15) is 23.6 Å². The largest absolute Gasteiger partial charge is 0.349 e. The molecule has 4 rings (SSSR count). The molecular formula is C24H24FN3O4. The molecule has 32 heavy (non-hydrogen) atoms. The number of hydrogen-bond acceptors (Lipinski definition) is 4. The molecule has 8 heteroatoms. The lowest BCUT2D eigenvalue weighted by Crippen LogP contribution is -2.46. The van der Waals surface area contributed by atoms with E-state index in [1.54, 1.807) is 24.8 Å². The zero-order chi connectivity index (χ0) is 23.0. The molecule has 0 aromatic heterocycles. The topological polar surface area (TPSA) is 86.8 Å². The fourth-order valence-electron chi connectivity index (χ4n) is 4.14. The van der Waals surface area contributed by atoms with Crippen LogP contribution in [0.1, 0.15) is 68.1 Å². The van der Waals surface area contributed by atoms with Gasteiger partial charge in [-0.05, 0) is 69.2 Å². The Morgan fingerprint density at radius 3 is 2.16 bits per heavy atom. The first-order chi connectivity index (χ1) is 15.3. The van der Waals surface area contributed by atoms with E-state index in [0.717, 1.165) is 0 Å². The van der Waals surface area contributed by atoms with Crippen LogP contribution in [0.25, 0.3) is 0 Å². The van der Waals surface area contributed by atoms with Crippen molar-refractivity contribution in [2.45, 2.75) is 38.8 Å². The van der Waals surface area contributed by atoms with Gasteiger partial charge in [0, 0.05) is 36.3 Å². The van der Waals surface area contributed by atoms with E-state index in [2.05, 4.69) is 5.32 Å². The summed E-state index contributed by atoms with van der Waals surface area (Å²) >= 11 is 0. The summed E-state index contributed by atoms with van der Waals surface area (Å²) in [6.07, 6.45) is 1.17. The maximum atomic E-state index is 13.1. The van der Waals surface area contributed by atoms with Crippen LogP contribution in [0.15, 0.2) is 42.5 Å². The highest BCUT2D eigenvalue weighted by molar-refractivity contribution is 6.22. The number of nitrogens with zero attached hydrogens (tertiary/aromatic N) is 2. The van der Waals surface area contributed by atoms with E-state index < -0.39 is 5.82 Å². The van der Waals surface area contributed by atoms with Crippen molar-refractivity contribution in [1.82, 2.24) is 15.1 Å². The molecule has 1 saturated heterocycles. The van der Waals surface area contributed by atoms with E-state index >= 15 is 0 Å². The van der Waals surface area contributed by atoms with Crippen molar-refractivity contribution in [2.24, 2.45) is 0 Å². The molecule has 166 valence electrons. The smallest absolute Gasteiger partial charge is 0.261 e. The number of nitrogens with one attached hydrogen (secondary N) is 1. The average Bonchev–Trinajstić information content (AvgIpc) is 3.04. The molecule has 2 heterocycles. The van der Waals surface area contributed by atoms with Crippen molar-refractivity contribution in [2.75, 3.05) is 13.1 Å². The molecule has 2 aliphatic rings. The molecule has 0 aliphatic carbocycles. The Hall–Kier alpha value is -3.55. The monoisotopic (exact) mass is 437 g/mol. The predicted molar refractivity (Wildman–Crippen MR) is 115 cm³/mol. The van der Waals surface area contributed by atoms with Gasteiger partial charge in [-0.3, -0.25) is 24.1 Å². The second kappa shape index (κ2) is 8.53. The second-order valence-electron chi connectivity index (χ2n) is 8.38. The lowest BCUT2D eigenvalue weighted by atomic mass is 10.0. The molecule has 1 N–H and O–H groups in total. The third-order valence-corrected chi connectivity index (χ3v) is 5.91. The minimum absolute atomic E-state index is 0.113. The number of imide groups is 1. The fraction of sp³-hybridized carbons (Fsp3) is 0.333. The van der Waals surface area contributed by atoms with Crippen LogP contribution < -0.4 is 5.32 Å². The lowest BCUT2D eigenvalue weighted by molar-refractivity contribution is 0.0607. The van der Waals surface area contributed by atoms with Gasteiger partial charge in [0.15, 0.2) is 0 Å². The first kappa shape index (κ1) is 21.7. The number of halogens is 1. The van der Waals surface area contributed by atoms with Crippen molar-refractivity contribution in [3.05, 3.63) is 70.5 Å². The van der Waals surface area contributed by atoms with Crippen LogP contribution in [-0.4, -0.2) is 58.6 Å². The van der Waals surface area contributed by atoms with Crippen LogP contribution in [0.5, 0.6) is 0 Å². The van der Waals surface area contributed by atoms with Crippen LogP contribution in [0.2, 0.25) is 0 Å². The number of carbonyl (C=O) groups is 4. The summed E-state index contributed by atoms with van der Waals surface area (Å²) in [7, 11) is 0. The van der Waals surface area contributed by atoms with Gasteiger partial charge in [-0.2, -0.15) is 0 Å². The van der Waals surface area contributed by atoms with Crippen LogP contribution in [0, 0.1) is 5.82 Å². The highest BCUT2D eigenvalue weighted by Gasteiger charge is 2.37. The Morgan fingerprint density at radius 2 is 1.53 bits per heavy atom. The molecule has 0 saturated carbocycles. The Bertz CT molecular complexity index is 1090. The normalized spacial score (nSPS) is 16.5. The minimum Gasteiger partial charge on any atom is -0.349 e. The summed E-state index contributed by atoms with van der Waals surface area (Å²) in [5, 5.41) is 2.96. The fourth-order valence-corrected chi connectivity index (χ4v) is 4.14. The number of carbonyl (C=O) groups excluding carboxylic acids is 4. The minimum atomic E-state index is -0.391. The average molecular weight is 437 g/mol. The molecular weight excluding hydrogens is 413 g/mol. The maximum Gasteiger partial charge on any atom is 0.261 e. The van der Waals surface area contributed by atoms with Gasteiger partial charge in [0.2, 0.25) is 0 Å². The van der Waals surface area contributed by atoms with Crippen LogP contribution in [0.4, 0.5) is 4.39 Å². The number of piperidine rings is 1. The van der Waals surface area contributed by atoms with Crippen LogP contribution in [0.3, 0.4) is 0 Å². The Labute approximate surface area is 185 Å². The maximum absolute atomic E-state index is 13.1. The number of rotatable bonds is 4. The highest BCUT2D eigenvalue weighted by atomic mass is 19.1. The summed E-state index contributed by atoms with van der Waals surface area (Å²) < 4.78 is 13.1. The number of benzene rings is 2. The molecule has 2 aromatic carbocycles. The first-order valence-electron chi connectivity index (χ1n) is 10.6. The zero-order valence-electron chi connectivity index (χ0n) is 17.9. The molecule has 2 aliphatic heterocycles. The third kappa shape index (κ3) is 4.00. The Balaban J connectivity index is 1.37. The van der Waals surface area contributed by atoms with Gasteiger partial charge in [-0.25, -0.2) is 4.39 Å². The summed E-state index contributed by atoms with van der Waals surface area (Å²) in [5.41, 5.74) is 1.31. The van der Waals surface area contributed by atoms with Crippen molar-refractivity contribution in [3.8, 4) is 0 Å². The van der Waals surface area contributed by atoms with Gasteiger partial charge in [-0.1, -0.05) is 0 Å². The molecule has 0 unspecified atom stereocenters. The molecule has 4 amide bonds. The summed E-state index contributed by atoms with van der Waals surface area (Å²) in [6, 6.07) is 9.62.